The summed E-state index contributed by atoms with van der Waals surface area (Å²) < 4.78 is 8.20. The fraction of sp³-hybridized carbons (Fsp3) is 0.323. The van der Waals surface area contributed by atoms with Crippen molar-refractivity contribution in [2.24, 2.45) is 5.92 Å². The van der Waals surface area contributed by atoms with Crippen LogP contribution in [-0.2, 0) is 17.6 Å². The molecule has 3 N–H and O–H groups in total. The number of carboxylic acids is 1. The van der Waals surface area contributed by atoms with Gasteiger partial charge in [-0.3, -0.25) is 0 Å². The number of rotatable bonds is 3. The Balaban J connectivity index is 1.67. The second-order valence-corrected chi connectivity index (χ2v) is 10.9. The lowest BCUT2D eigenvalue weighted by Crippen LogP contribution is -2.54. The molecule has 2 aromatic rings. The van der Waals surface area contributed by atoms with Gasteiger partial charge in [-0.15, -0.1) is 0 Å². The van der Waals surface area contributed by atoms with E-state index >= 15 is 0 Å². The Hall–Kier alpha value is -4.01. The fourth-order valence-corrected chi connectivity index (χ4v) is 6.68. The molecule has 39 heavy (non-hydrogen) atoms. The van der Waals surface area contributed by atoms with Gasteiger partial charge in [0.05, 0.1) is 17.2 Å². The van der Waals surface area contributed by atoms with E-state index < -0.39 is 12.3 Å². The van der Waals surface area contributed by atoms with Crippen molar-refractivity contribution < 1.29 is 29.3 Å². The summed E-state index contributed by atoms with van der Waals surface area (Å²) in [5.74, 6) is -0.808. The molecule has 0 radical (unpaired) electrons. The highest BCUT2D eigenvalue weighted by Crippen LogP contribution is 2.47. The third kappa shape index (κ3) is 3.55. The molecule has 4 aliphatic heterocycles. The number of aliphatic hydroxyl groups excluding tert-OH is 1. The molecule has 198 valence electrons. The SMILES string of the molecule is CC1C[N+](=c2cc3oc4c5c6c(cc4c(-c4ccccc4C(=O)O)c-3cc2C(O)O)CCCN6CCC5)C1=O. The summed E-state index contributed by atoms with van der Waals surface area (Å²) in [5, 5.41) is 32.1. The predicted molar refractivity (Wildman–Crippen MR) is 146 cm³/mol. The first-order valence-corrected chi connectivity index (χ1v) is 13.5. The van der Waals surface area contributed by atoms with Gasteiger partial charge < -0.3 is 24.6 Å². The molecule has 5 aliphatic rings. The maximum absolute atomic E-state index is 12.7. The lowest BCUT2D eigenvalue weighted by atomic mass is 9.84. The molecule has 0 saturated carbocycles. The Labute approximate surface area is 224 Å². The molecular formula is C31H29N2O6+. The summed E-state index contributed by atoms with van der Waals surface area (Å²) in [7, 11) is 0. The molecule has 4 heterocycles. The fourth-order valence-electron chi connectivity index (χ4n) is 6.68. The van der Waals surface area contributed by atoms with Crippen LogP contribution in [0.3, 0.4) is 0 Å². The van der Waals surface area contributed by atoms with E-state index in [9.17, 15) is 24.9 Å². The number of carboxylic acid groups (broad SMARTS) is 1. The van der Waals surface area contributed by atoms with Gasteiger partial charge in [-0.2, -0.15) is 4.58 Å². The van der Waals surface area contributed by atoms with Crippen LogP contribution >= 0.6 is 0 Å². The van der Waals surface area contributed by atoms with Crippen molar-refractivity contribution in [3.8, 4) is 22.5 Å². The van der Waals surface area contributed by atoms with Gasteiger partial charge in [0.2, 0.25) is 5.36 Å². The molecule has 1 unspecified atom stereocenters. The molecule has 0 bridgehead atoms. The van der Waals surface area contributed by atoms with Crippen molar-refractivity contribution in [3.05, 3.63) is 70.1 Å². The summed E-state index contributed by atoms with van der Waals surface area (Å²) in [6.07, 6.45) is 2.01. The monoisotopic (exact) mass is 525 g/mol. The quantitative estimate of drug-likeness (QED) is 0.162. The summed E-state index contributed by atoms with van der Waals surface area (Å²) in [4.78, 5) is 27.4. The van der Waals surface area contributed by atoms with Crippen molar-refractivity contribution in [2.45, 2.75) is 38.9 Å². The van der Waals surface area contributed by atoms with Crippen LogP contribution in [-0.4, -0.2) is 46.8 Å². The van der Waals surface area contributed by atoms with Gasteiger partial charge in [0, 0.05) is 40.9 Å². The zero-order chi connectivity index (χ0) is 27.0. The molecule has 2 aromatic carbocycles. The van der Waals surface area contributed by atoms with Crippen molar-refractivity contribution in [1.29, 1.82) is 0 Å². The number of nitrogens with zero attached hydrogens (tertiary/aromatic N) is 2. The number of benzene rings is 3. The third-order valence-electron chi connectivity index (χ3n) is 8.49. The smallest absolute Gasteiger partial charge is 0.396 e. The number of anilines is 1. The number of aryl methyl sites for hydroxylation is 2. The van der Waals surface area contributed by atoms with Crippen LogP contribution in [0.15, 0.2) is 46.9 Å². The van der Waals surface area contributed by atoms with E-state index in [-0.39, 0.29) is 23.0 Å². The zero-order valence-corrected chi connectivity index (χ0v) is 21.6. The number of carbonyl (C=O) groups is 2. The van der Waals surface area contributed by atoms with Crippen LogP contribution in [0.2, 0.25) is 0 Å². The normalized spacial score (nSPS) is 19.9. The van der Waals surface area contributed by atoms with E-state index in [0.717, 1.165) is 55.3 Å². The average Bonchev–Trinajstić information content (AvgIpc) is 2.94. The molecule has 8 nitrogen and oxygen atoms in total. The molecule has 0 spiro atoms. The third-order valence-corrected chi connectivity index (χ3v) is 8.49. The Kier molecular flexibility index (Phi) is 5.40. The first kappa shape index (κ1) is 24.1. The first-order chi connectivity index (χ1) is 18.8. The number of carbonyl (C=O) groups excluding carboxylic acids is 1. The highest BCUT2D eigenvalue weighted by atomic mass is 16.5. The topological polar surface area (TPSA) is 114 Å². The van der Waals surface area contributed by atoms with Crippen LogP contribution < -0.4 is 14.8 Å². The summed E-state index contributed by atoms with van der Waals surface area (Å²) in [6.45, 7) is 4.32. The Morgan fingerprint density at radius 3 is 2.56 bits per heavy atom. The number of amides is 1. The zero-order valence-electron chi connectivity index (χ0n) is 21.6. The average molecular weight is 526 g/mol. The van der Waals surface area contributed by atoms with Gasteiger partial charge in [-0.1, -0.05) is 18.2 Å². The van der Waals surface area contributed by atoms with Crippen molar-refractivity contribution in [3.63, 3.8) is 0 Å². The van der Waals surface area contributed by atoms with Crippen LogP contribution in [0.5, 0.6) is 0 Å². The van der Waals surface area contributed by atoms with E-state index in [1.807, 2.05) is 13.0 Å². The van der Waals surface area contributed by atoms with E-state index in [1.54, 1.807) is 34.9 Å². The predicted octanol–water partition coefficient (Wildman–Crippen LogP) is 3.53. The van der Waals surface area contributed by atoms with Crippen molar-refractivity contribution in [1.82, 2.24) is 4.58 Å². The first-order valence-electron chi connectivity index (χ1n) is 13.5. The maximum Gasteiger partial charge on any atom is 0.396 e. The largest absolute Gasteiger partial charge is 0.478 e. The molecule has 8 heteroatoms. The lowest BCUT2D eigenvalue weighted by Gasteiger charge is -2.37. The Morgan fingerprint density at radius 1 is 1.08 bits per heavy atom. The van der Waals surface area contributed by atoms with E-state index in [2.05, 4.69) is 11.0 Å². The molecule has 1 aliphatic carbocycles. The van der Waals surface area contributed by atoms with Crippen LogP contribution in [0.4, 0.5) is 5.69 Å². The molecule has 1 saturated heterocycles. The van der Waals surface area contributed by atoms with Gasteiger partial charge in [-0.05, 0) is 61.9 Å². The summed E-state index contributed by atoms with van der Waals surface area (Å²) >= 11 is 0. The molecule has 0 aromatic heterocycles. The van der Waals surface area contributed by atoms with Crippen LogP contribution in [0.1, 0.15) is 53.1 Å². The van der Waals surface area contributed by atoms with E-state index in [4.69, 9.17) is 4.42 Å². The highest BCUT2D eigenvalue weighted by Gasteiger charge is 2.41. The van der Waals surface area contributed by atoms with Crippen LogP contribution in [0.25, 0.3) is 33.4 Å². The van der Waals surface area contributed by atoms with Crippen molar-refractivity contribution in [2.75, 3.05) is 24.5 Å². The van der Waals surface area contributed by atoms with Crippen LogP contribution in [0, 0.1) is 5.92 Å². The minimum absolute atomic E-state index is 0.0895. The minimum atomic E-state index is -1.83. The number of hydrogen-bond donors (Lipinski definition) is 3. The number of fused-ring (bicyclic) bond motifs is 3. The lowest BCUT2D eigenvalue weighted by molar-refractivity contribution is -0.133. The van der Waals surface area contributed by atoms with Gasteiger partial charge in [0.15, 0.2) is 12.8 Å². The van der Waals surface area contributed by atoms with Gasteiger partial charge in [-0.25, -0.2) is 9.59 Å². The second kappa shape index (κ2) is 8.76. The standard InChI is InChI=1S/C31H28N2O6/c1-16-15-33(29(16)34)24-14-25-22(13-21(24)31(37)38)26(18-7-2-3-8-19(18)30(35)36)23-12-17-6-4-10-32-11-5-9-20(27(17)32)28(23)39-25/h2-3,7-8,12-14,16,31,37-38H,4-6,9-11,15H2,1H3/p+1. The van der Waals surface area contributed by atoms with E-state index in [0.29, 0.717) is 34.4 Å². The highest BCUT2D eigenvalue weighted by molar-refractivity contribution is 6.09. The van der Waals surface area contributed by atoms with Gasteiger partial charge >= 0.3 is 11.9 Å². The van der Waals surface area contributed by atoms with E-state index in [1.165, 1.54) is 11.3 Å². The summed E-state index contributed by atoms with van der Waals surface area (Å²) in [6, 6.07) is 12.4. The number of aliphatic hydroxyl groups is 2. The Bertz CT molecular complexity index is 1750. The van der Waals surface area contributed by atoms with Crippen molar-refractivity contribution >= 4 is 28.5 Å². The molecular weight excluding hydrogens is 496 g/mol. The second-order valence-electron chi connectivity index (χ2n) is 10.9. The maximum atomic E-state index is 12.7. The number of hydrogen-bond acceptors (Lipinski definition) is 6. The molecule has 1 atom stereocenters. The molecule has 7 rings (SSSR count). The summed E-state index contributed by atoms with van der Waals surface area (Å²) in [5.41, 5.74) is 6.42. The Morgan fingerprint density at radius 2 is 1.85 bits per heavy atom. The number of aromatic carboxylic acids is 1. The minimum Gasteiger partial charge on any atom is -0.478 e. The van der Waals surface area contributed by atoms with Gasteiger partial charge in [0.25, 0.3) is 0 Å². The van der Waals surface area contributed by atoms with Gasteiger partial charge in [0.1, 0.15) is 17.3 Å². The number of β-lactam (4-membered cyclic amide) rings is 1. The molecule has 1 fully saturated rings. The molecule has 1 amide bonds.